The molecule has 0 saturated carbocycles. The van der Waals surface area contributed by atoms with Crippen LogP contribution in [0.25, 0.3) is 0 Å². The Labute approximate surface area is 192 Å². The van der Waals surface area contributed by atoms with Gasteiger partial charge in [-0.3, -0.25) is 4.79 Å². The largest absolute Gasteiger partial charge is 0.490 e. The van der Waals surface area contributed by atoms with Gasteiger partial charge in [0.25, 0.3) is 0 Å². The molecule has 2 aromatic rings. The van der Waals surface area contributed by atoms with E-state index in [1.807, 2.05) is 37.3 Å². The number of nitrogens with one attached hydrogen (secondary N) is 2. The quantitative estimate of drug-likeness (QED) is 0.443. The van der Waals surface area contributed by atoms with E-state index >= 15 is 0 Å². The van der Waals surface area contributed by atoms with Gasteiger partial charge in [0, 0.05) is 5.70 Å². The van der Waals surface area contributed by atoms with Gasteiger partial charge >= 0.3 is 5.97 Å². The third-order valence-electron chi connectivity index (χ3n) is 4.73. The van der Waals surface area contributed by atoms with Crippen LogP contribution in [0.1, 0.15) is 31.0 Å². The fourth-order valence-electron chi connectivity index (χ4n) is 3.37. The van der Waals surface area contributed by atoms with Crippen molar-refractivity contribution >= 4 is 34.9 Å². The highest BCUT2D eigenvalue weighted by molar-refractivity contribution is 7.80. The molecule has 0 spiro atoms. The zero-order valence-electron chi connectivity index (χ0n) is 17.4. The molecule has 31 heavy (non-hydrogen) atoms. The lowest BCUT2D eigenvalue weighted by Crippen LogP contribution is -2.51. The van der Waals surface area contributed by atoms with Crippen molar-refractivity contribution in [2.45, 2.75) is 26.5 Å². The molecule has 0 radical (unpaired) electrons. The number of hydrogen-bond donors (Lipinski definition) is 2. The van der Waals surface area contributed by atoms with Crippen molar-refractivity contribution in [2.24, 2.45) is 5.92 Å². The molecule has 1 heterocycles. The Hall–Kier alpha value is -2.77. The van der Waals surface area contributed by atoms with Crippen molar-refractivity contribution in [1.29, 1.82) is 0 Å². The van der Waals surface area contributed by atoms with Crippen molar-refractivity contribution in [1.82, 2.24) is 10.6 Å². The molecule has 1 aliphatic rings. The predicted molar refractivity (Wildman–Crippen MR) is 124 cm³/mol. The molecule has 2 N–H and O–H groups in total. The number of carbonyl (C=O) groups excluding carboxylic acids is 1. The van der Waals surface area contributed by atoms with E-state index in [1.165, 1.54) is 0 Å². The number of benzene rings is 2. The molecule has 1 fully saturated rings. The van der Waals surface area contributed by atoms with Crippen LogP contribution in [0.15, 0.2) is 54.7 Å². The van der Waals surface area contributed by atoms with Crippen molar-refractivity contribution in [3.8, 4) is 11.5 Å². The monoisotopic (exact) mass is 460 g/mol. The minimum atomic E-state index is -0.687. The highest BCUT2D eigenvalue weighted by atomic mass is 35.5. The molecule has 0 aliphatic carbocycles. The van der Waals surface area contributed by atoms with Gasteiger partial charge in [-0.15, -0.1) is 0 Å². The molecule has 8 heteroatoms. The van der Waals surface area contributed by atoms with Gasteiger partial charge in [0.15, 0.2) is 16.6 Å². The average Bonchev–Trinajstić information content (AvgIpc) is 2.73. The summed E-state index contributed by atoms with van der Waals surface area (Å²) >= 11 is 11.9. The van der Waals surface area contributed by atoms with Gasteiger partial charge < -0.3 is 24.8 Å². The molecule has 0 amide bonds. The van der Waals surface area contributed by atoms with Crippen LogP contribution in [-0.2, 0) is 16.1 Å². The van der Waals surface area contributed by atoms with E-state index in [0.717, 1.165) is 5.56 Å². The molecule has 1 saturated heterocycles. The van der Waals surface area contributed by atoms with E-state index < -0.39 is 17.9 Å². The Morgan fingerprint density at radius 2 is 1.90 bits per heavy atom. The molecule has 164 valence electrons. The second kappa shape index (κ2) is 10.5. The summed E-state index contributed by atoms with van der Waals surface area (Å²) in [4.78, 5) is 12.6. The Kier molecular flexibility index (Phi) is 7.76. The van der Waals surface area contributed by atoms with E-state index in [1.54, 1.807) is 19.1 Å². The molecule has 0 aromatic heterocycles. The number of thiocarbonyl (C=S) groups is 1. The summed E-state index contributed by atoms with van der Waals surface area (Å²) in [6, 6.07) is 12.8. The summed E-state index contributed by atoms with van der Waals surface area (Å²) < 4.78 is 17.0. The lowest BCUT2D eigenvalue weighted by atomic mass is 9.89. The number of esters is 1. The highest BCUT2D eigenvalue weighted by Crippen LogP contribution is 2.41. The zero-order valence-corrected chi connectivity index (χ0v) is 19.0. The second-order valence-electron chi connectivity index (χ2n) is 6.87. The Bertz CT molecular complexity index is 968. The van der Waals surface area contributed by atoms with Crippen LogP contribution >= 0.6 is 23.8 Å². The summed E-state index contributed by atoms with van der Waals surface area (Å²) in [6.45, 7) is 8.62. The third-order valence-corrected chi connectivity index (χ3v) is 5.23. The maximum Gasteiger partial charge on any atom is 0.317 e. The molecule has 6 nitrogen and oxygen atoms in total. The molecule has 2 aromatic carbocycles. The van der Waals surface area contributed by atoms with Crippen molar-refractivity contribution in [3.63, 3.8) is 0 Å². The minimum Gasteiger partial charge on any atom is -0.490 e. The summed E-state index contributed by atoms with van der Waals surface area (Å²) in [6.07, 6.45) is 0. The molecule has 0 unspecified atom stereocenters. The van der Waals surface area contributed by atoms with E-state index in [2.05, 4.69) is 17.2 Å². The van der Waals surface area contributed by atoms with Crippen LogP contribution in [0.4, 0.5) is 0 Å². The fraction of sp³-hybridized carbons (Fsp3) is 0.304. The average molecular weight is 461 g/mol. The maximum absolute atomic E-state index is 12.6. The first kappa shape index (κ1) is 22.9. The topological polar surface area (TPSA) is 68.8 Å². The number of ether oxygens (including phenoxy) is 3. The number of carbonyl (C=O) groups is 1. The van der Waals surface area contributed by atoms with Gasteiger partial charge in [0.1, 0.15) is 12.5 Å². The molecule has 0 bridgehead atoms. The Morgan fingerprint density at radius 1 is 1.16 bits per heavy atom. The lowest BCUT2D eigenvalue weighted by Gasteiger charge is -2.35. The Morgan fingerprint density at radius 3 is 2.58 bits per heavy atom. The van der Waals surface area contributed by atoms with Gasteiger partial charge in [-0.05, 0) is 49.3 Å². The first-order chi connectivity index (χ1) is 14.9. The SMILES string of the molecule is C=C1NC(=S)N[C@H](c2cc(Cl)c(OCc3ccccc3)c(OCC)c2)[C@@H]1C(=O)OCC. The molecular weight excluding hydrogens is 436 g/mol. The van der Waals surface area contributed by atoms with Gasteiger partial charge in [-0.2, -0.15) is 0 Å². The number of rotatable bonds is 8. The second-order valence-corrected chi connectivity index (χ2v) is 7.68. The van der Waals surface area contributed by atoms with E-state index in [0.29, 0.717) is 46.1 Å². The Balaban J connectivity index is 1.95. The third kappa shape index (κ3) is 5.48. The standard InChI is InChI=1S/C23H25ClN2O4S/c1-4-28-18-12-16(11-17(24)21(18)30-13-15-9-7-6-8-10-15)20-19(22(27)29-5-2)14(3)25-23(31)26-20/h6-12,19-20H,3-5,13H2,1-2H3,(H2,25,26,31)/t19-,20-/m1/s1. The van der Waals surface area contributed by atoms with Gasteiger partial charge in [0.2, 0.25) is 0 Å². The maximum atomic E-state index is 12.6. The van der Waals surface area contributed by atoms with Crippen LogP contribution in [0.3, 0.4) is 0 Å². The highest BCUT2D eigenvalue weighted by Gasteiger charge is 2.38. The predicted octanol–water partition coefficient (Wildman–Crippen LogP) is 4.53. The molecule has 1 aliphatic heterocycles. The van der Waals surface area contributed by atoms with E-state index in [9.17, 15) is 4.79 Å². The van der Waals surface area contributed by atoms with E-state index in [4.69, 9.17) is 38.0 Å². The van der Waals surface area contributed by atoms with Crippen molar-refractivity contribution in [3.05, 3.63) is 70.9 Å². The summed E-state index contributed by atoms with van der Waals surface area (Å²) in [5.74, 6) is -0.161. The first-order valence-electron chi connectivity index (χ1n) is 10.0. The van der Waals surface area contributed by atoms with Crippen LogP contribution in [-0.4, -0.2) is 24.3 Å². The van der Waals surface area contributed by atoms with Crippen LogP contribution < -0.4 is 20.1 Å². The lowest BCUT2D eigenvalue weighted by molar-refractivity contribution is -0.147. The first-order valence-corrected chi connectivity index (χ1v) is 10.8. The van der Waals surface area contributed by atoms with Crippen LogP contribution in [0, 0.1) is 5.92 Å². The number of halogens is 1. The molecular formula is C23H25ClN2O4S. The normalized spacial score (nSPS) is 18.0. The van der Waals surface area contributed by atoms with Gasteiger partial charge in [0.05, 0.1) is 24.3 Å². The summed E-state index contributed by atoms with van der Waals surface area (Å²) in [5.41, 5.74) is 2.18. The summed E-state index contributed by atoms with van der Waals surface area (Å²) in [5, 5.41) is 6.78. The smallest absolute Gasteiger partial charge is 0.317 e. The molecule has 2 atom stereocenters. The van der Waals surface area contributed by atoms with Crippen LogP contribution in [0.5, 0.6) is 11.5 Å². The van der Waals surface area contributed by atoms with Crippen LogP contribution in [0.2, 0.25) is 5.02 Å². The van der Waals surface area contributed by atoms with Gasteiger partial charge in [-0.25, -0.2) is 0 Å². The van der Waals surface area contributed by atoms with Crippen molar-refractivity contribution < 1.29 is 19.0 Å². The number of hydrogen-bond acceptors (Lipinski definition) is 5. The fourth-order valence-corrected chi connectivity index (χ4v) is 3.90. The minimum absolute atomic E-state index is 0.261. The van der Waals surface area contributed by atoms with Gasteiger partial charge in [-0.1, -0.05) is 48.5 Å². The van der Waals surface area contributed by atoms with Crippen molar-refractivity contribution in [2.75, 3.05) is 13.2 Å². The summed E-state index contributed by atoms with van der Waals surface area (Å²) in [7, 11) is 0. The molecule has 3 rings (SSSR count). The zero-order chi connectivity index (χ0) is 22.4. The van der Waals surface area contributed by atoms with E-state index in [-0.39, 0.29) is 6.61 Å².